The summed E-state index contributed by atoms with van der Waals surface area (Å²) < 4.78 is 2.05. The first-order chi connectivity index (χ1) is 11.1. The molecule has 124 valence electrons. The lowest BCUT2D eigenvalue weighted by molar-refractivity contribution is -0.122. The van der Waals surface area contributed by atoms with Gasteiger partial charge in [-0.1, -0.05) is 19.1 Å². The molecule has 1 fully saturated rings. The Hall–Kier alpha value is -1.88. The average molecular weight is 314 g/mol. The summed E-state index contributed by atoms with van der Waals surface area (Å²) in [6.07, 6.45) is 3.04. The number of carbonyl (C=O) groups excluding carboxylic acids is 1. The number of carbonyl (C=O) groups is 1. The van der Waals surface area contributed by atoms with Crippen LogP contribution in [0.2, 0.25) is 0 Å². The van der Waals surface area contributed by atoms with Crippen LogP contribution in [0.15, 0.2) is 24.3 Å². The van der Waals surface area contributed by atoms with Gasteiger partial charge in [-0.3, -0.25) is 4.79 Å². The highest BCUT2D eigenvalue weighted by molar-refractivity contribution is 5.77. The molecule has 23 heavy (non-hydrogen) atoms. The molecule has 1 aromatic heterocycles. The molecule has 0 spiro atoms. The standard InChI is InChI=1S/C18H26N4O/c1-13(14-6-5-9-19-11-14)10-18(23)20-12-17-21-15-7-3-4-8-16(15)22(17)2/h3-4,7-8,13-14,19H,5-6,9-12H2,1-2H3,(H,20,23). The van der Waals surface area contributed by atoms with Gasteiger partial charge in [-0.15, -0.1) is 0 Å². The van der Waals surface area contributed by atoms with Crippen molar-refractivity contribution in [2.24, 2.45) is 18.9 Å². The molecule has 1 aliphatic rings. The Bertz CT molecular complexity index is 673. The zero-order chi connectivity index (χ0) is 16.2. The van der Waals surface area contributed by atoms with Crippen molar-refractivity contribution in [1.82, 2.24) is 20.2 Å². The predicted octanol–water partition coefficient (Wildman–Crippen LogP) is 2.22. The molecule has 3 rings (SSSR count). The van der Waals surface area contributed by atoms with E-state index in [1.165, 1.54) is 12.8 Å². The van der Waals surface area contributed by atoms with E-state index < -0.39 is 0 Å². The van der Waals surface area contributed by atoms with Gasteiger partial charge in [0.15, 0.2) is 0 Å². The van der Waals surface area contributed by atoms with Crippen molar-refractivity contribution >= 4 is 16.9 Å². The van der Waals surface area contributed by atoms with Crippen LogP contribution in [0.5, 0.6) is 0 Å². The summed E-state index contributed by atoms with van der Waals surface area (Å²) in [7, 11) is 1.99. The maximum Gasteiger partial charge on any atom is 0.220 e. The predicted molar refractivity (Wildman–Crippen MR) is 91.9 cm³/mol. The third kappa shape index (κ3) is 3.72. The Morgan fingerprint density at radius 2 is 2.30 bits per heavy atom. The zero-order valence-electron chi connectivity index (χ0n) is 14.0. The van der Waals surface area contributed by atoms with Crippen LogP contribution in [0.3, 0.4) is 0 Å². The molecule has 0 aliphatic carbocycles. The van der Waals surface area contributed by atoms with Gasteiger partial charge in [-0.2, -0.15) is 0 Å². The van der Waals surface area contributed by atoms with Gasteiger partial charge in [-0.25, -0.2) is 4.98 Å². The van der Waals surface area contributed by atoms with Gasteiger partial charge in [0.05, 0.1) is 17.6 Å². The molecule has 5 heteroatoms. The molecule has 0 radical (unpaired) electrons. The van der Waals surface area contributed by atoms with Crippen molar-refractivity contribution in [3.8, 4) is 0 Å². The number of hydrogen-bond donors (Lipinski definition) is 2. The molecular weight excluding hydrogens is 288 g/mol. The lowest BCUT2D eigenvalue weighted by Crippen LogP contribution is -2.35. The summed E-state index contributed by atoms with van der Waals surface area (Å²) in [6, 6.07) is 8.04. The fraction of sp³-hybridized carbons (Fsp3) is 0.556. The number of rotatable bonds is 5. The first kappa shape index (κ1) is 16.0. The van der Waals surface area contributed by atoms with Gasteiger partial charge >= 0.3 is 0 Å². The summed E-state index contributed by atoms with van der Waals surface area (Å²) >= 11 is 0. The first-order valence-electron chi connectivity index (χ1n) is 8.53. The number of aromatic nitrogens is 2. The minimum atomic E-state index is 0.120. The molecule has 2 N–H and O–H groups in total. The fourth-order valence-corrected chi connectivity index (χ4v) is 3.43. The van der Waals surface area contributed by atoms with E-state index in [2.05, 4.69) is 22.5 Å². The number of piperidine rings is 1. The Kier molecular flexibility index (Phi) is 4.96. The van der Waals surface area contributed by atoms with Crippen molar-refractivity contribution in [2.75, 3.05) is 13.1 Å². The monoisotopic (exact) mass is 314 g/mol. The molecule has 1 saturated heterocycles. The lowest BCUT2D eigenvalue weighted by Gasteiger charge is -2.28. The van der Waals surface area contributed by atoms with E-state index in [4.69, 9.17) is 0 Å². The highest BCUT2D eigenvalue weighted by atomic mass is 16.1. The van der Waals surface area contributed by atoms with Gasteiger partial charge < -0.3 is 15.2 Å². The van der Waals surface area contributed by atoms with Crippen molar-refractivity contribution < 1.29 is 4.79 Å². The van der Waals surface area contributed by atoms with Gasteiger partial charge in [0, 0.05) is 13.5 Å². The SMILES string of the molecule is CC(CC(=O)NCc1nc2ccccc2n1C)C1CCCNC1. The van der Waals surface area contributed by atoms with E-state index in [0.717, 1.165) is 29.9 Å². The van der Waals surface area contributed by atoms with Gasteiger partial charge in [0.2, 0.25) is 5.91 Å². The third-order valence-electron chi connectivity index (χ3n) is 4.97. The number of benzene rings is 1. The van der Waals surface area contributed by atoms with E-state index in [1.54, 1.807) is 0 Å². The molecule has 2 unspecified atom stereocenters. The maximum absolute atomic E-state index is 12.2. The van der Waals surface area contributed by atoms with Gasteiger partial charge in [0.25, 0.3) is 0 Å². The highest BCUT2D eigenvalue weighted by Crippen LogP contribution is 2.22. The van der Waals surface area contributed by atoms with Crippen molar-refractivity contribution in [2.45, 2.75) is 32.7 Å². The second-order valence-corrected chi connectivity index (χ2v) is 6.64. The summed E-state index contributed by atoms with van der Waals surface area (Å²) in [5.74, 6) is 2.05. The van der Waals surface area contributed by atoms with Crippen LogP contribution in [0, 0.1) is 11.8 Å². The number of aryl methyl sites for hydroxylation is 1. The van der Waals surface area contributed by atoms with Gasteiger partial charge in [-0.05, 0) is 49.9 Å². The van der Waals surface area contributed by atoms with Crippen LogP contribution in [-0.2, 0) is 18.4 Å². The Balaban J connectivity index is 1.54. The molecule has 1 amide bonds. The number of para-hydroxylation sites is 2. The van der Waals surface area contributed by atoms with E-state index in [9.17, 15) is 4.79 Å². The topological polar surface area (TPSA) is 59.0 Å². The van der Waals surface area contributed by atoms with Crippen LogP contribution >= 0.6 is 0 Å². The van der Waals surface area contributed by atoms with E-state index in [0.29, 0.717) is 24.8 Å². The van der Waals surface area contributed by atoms with Crippen molar-refractivity contribution in [1.29, 1.82) is 0 Å². The lowest BCUT2D eigenvalue weighted by atomic mass is 9.85. The second kappa shape index (κ2) is 7.13. The molecule has 5 nitrogen and oxygen atoms in total. The highest BCUT2D eigenvalue weighted by Gasteiger charge is 2.22. The maximum atomic E-state index is 12.2. The third-order valence-corrected chi connectivity index (χ3v) is 4.97. The number of imidazole rings is 1. The summed E-state index contributed by atoms with van der Waals surface area (Å²) in [6.45, 7) is 4.83. The molecule has 1 aliphatic heterocycles. The molecule has 2 atom stereocenters. The first-order valence-corrected chi connectivity index (χ1v) is 8.53. The number of nitrogens with zero attached hydrogens (tertiary/aromatic N) is 2. The van der Waals surface area contributed by atoms with E-state index in [-0.39, 0.29) is 5.91 Å². The smallest absolute Gasteiger partial charge is 0.220 e. The van der Waals surface area contributed by atoms with Crippen LogP contribution in [0.4, 0.5) is 0 Å². The number of hydrogen-bond acceptors (Lipinski definition) is 3. The summed E-state index contributed by atoms with van der Waals surface area (Å²) in [5, 5.41) is 6.45. The minimum absolute atomic E-state index is 0.120. The summed E-state index contributed by atoms with van der Waals surface area (Å²) in [4.78, 5) is 16.8. The number of fused-ring (bicyclic) bond motifs is 1. The Morgan fingerprint density at radius 1 is 1.48 bits per heavy atom. The Labute approximate surface area is 137 Å². The Morgan fingerprint density at radius 3 is 3.04 bits per heavy atom. The summed E-state index contributed by atoms with van der Waals surface area (Å²) in [5.41, 5.74) is 2.07. The number of amides is 1. The largest absolute Gasteiger partial charge is 0.349 e. The minimum Gasteiger partial charge on any atom is -0.349 e. The van der Waals surface area contributed by atoms with Gasteiger partial charge in [0.1, 0.15) is 5.82 Å². The van der Waals surface area contributed by atoms with Crippen LogP contribution in [0.1, 0.15) is 32.0 Å². The quantitative estimate of drug-likeness (QED) is 0.889. The van der Waals surface area contributed by atoms with E-state index in [1.807, 2.05) is 35.9 Å². The fourth-order valence-electron chi connectivity index (χ4n) is 3.43. The molecule has 2 heterocycles. The average Bonchev–Trinajstić information content (AvgIpc) is 2.90. The molecule has 0 saturated carbocycles. The van der Waals surface area contributed by atoms with Crippen LogP contribution < -0.4 is 10.6 Å². The molecular formula is C18H26N4O. The zero-order valence-corrected chi connectivity index (χ0v) is 14.0. The molecule has 1 aromatic carbocycles. The molecule has 0 bridgehead atoms. The second-order valence-electron chi connectivity index (χ2n) is 6.64. The normalized spacial score (nSPS) is 19.7. The van der Waals surface area contributed by atoms with Crippen molar-refractivity contribution in [3.05, 3.63) is 30.1 Å². The van der Waals surface area contributed by atoms with Crippen LogP contribution in [0.25, 0.3) is 11.0 Å². The van der Waals surface area contributed by atoms with E-state index >= 15 is 0 Å². The van der Waals surface area contributed by atoms with Crippen molar-refractivity contribution in [3.63, 3.8) is 0 Å². The van der Waals surface area contributed by atoms with Crippen LogP contribution in [-0.4, -0.2) is 28.5 Å². The molecule has 2 aromatic rings. The number of nitrogens with one attached hydrogen (secondary N) is 2.